The highest BCUT2D eigenvalue weighted by Crippen LogP contribution is 2.35. The third-order valence-electron chi connectivity index (χ3n) is 3.72. The van der Waals surface area contributed by atoms with Crippen LogP contribution in [0.3, 0.4) is 0 Å². The average molecular weight is 426 g/mol. The summed E-state index contributed by atoms with van der Waals surface area (Å²) in [5.74, 6) is -1.26. The van der Waals surface area contributed by atoms with E-state index in [1.807, 2.05) is 6.92 Å². The van der Waals surface area contributed by atoms with E-state index >= 15 is 0 Å². The number of hydrogen-bond donors (Lipinski definition) is 1. The van der Waals surface area contributed by atoms with Gasteiger partial charge < -0.3 is 19.5 Å². The van der Waals surface area contributed by atoms with Crippen LogP contribution in [0.15, 0.2) is 18.2 Å². The highest BCUT2D eigenvalue weighted by Gasteiger charge is 2.27. The zero-order chi connectivity index (χ0) is 20.8. The van der Waals surface area contributed by atoms with Crippen molar-refractivity contribution in [3.05, 3.63) is 44.8 Å². The minimum Gasteiger partial charge on any atom is -0.492 e. The number of carbonyl (C=O) groups excluding carboxylic acids is 3. The zero-order valence-corrected chi connectivity index (χ0v) is 17.5. The van der Waals surface area contributed by atoms with Crippen molar-refractivity contribution >= 4 is 45.8 Å². The lowest BCUT2D eigenvalue weighted by molar-refractivity contribution is 0.0527. The van der Waals surface area contributed by atoms with Crippen LogP contribution in [0.25, 0.3) is 0 Å². The second-order valence-electron chi connectivity index (χ2n) is 5.50. The molecule has 0 saturated carbocycles. The first-order valence-electron chi connectivity index (χ1n) is 8.46. The molecule has 0 unspecified atom stereocenters. The topological polar surface area (TPSA) is 90.9 Å². The van der Waals surface area contributed by atoms with E-state index < -0.39 is 17.8 Å². The molecular formula is C19H20ClNO6S. The summed E-state index contributed by atoms with van der Waals surface area (Å²) in [6.07, 6.45) is 0. The standard InChI is InChI=1S/C19H20ClNO6S/c1-5-26-13-8-7-11(9-12(13)20)16(22)21-17-14(18(23)27-6-2)10(3)15(28-17)19(24)25-4/h7-9H,5-6H2,1-4H3,(H,21,22). The first kappa shape index (κ1) is 21.7. The van der Waals surface area contributed by atoms with Gasteiger partial charge in [0.1, 0.15) is 15.6 Å². The van der Waals surface area contributed by atoms with E-state index in [-0.39, 0.29) is 32.6 Å². The van der Waals surface area contributed by atoms with Crippen LogP contribution in [0.4, 0.5) is 5.00 Å². The molecule has 150 valence electrons. The van der Waals surface area contributed by atoms with E-state index in [0.29, 0.717) is 17.9 Å². The summed E-state index contributed by atoms with van der Waals surface area (Å²) < 4.78 is 15.1. The summed E-state index contributed by atoms with van der Waals surface area (Å²) in [7, 11) is 1.24. The summed E-state index contributed by atoms with van der Waals surface area (Å²) >= 11 is 7.08. The predicted molar refractivity (Wildman–Crippen MR) is 107 cm³/mol. The molecule has 0 bridgehead atoms. The molecule has 1 heterocycles. The van der Waals surface area contributed by atoms with E-state index in [4.69, 9.17) is 25.8 Å². The molecule has 7 nitrogen and oxygen atoms in total. The van der Waals surface area contributed by atoms with Gasteiger partial charge in [0.25, 0.3) is 5.91 Å². The minimum atomic E-state index is -0.633. The monoisotopic (exact) mass is 425 g/mol. The van der Waals surface area contributed by atoms with Crippen LogP contribution in [0.2, 0.25) is 5.02 Å². The molecule has 0 spiro atoms. The molecule has 0 aliphatic heterocycles. The smallest absolute Gasteiger partial charge is 0.348 e. The molecule has 0 aliphatic carbocycles. The number of anilines is 1. The molecule has 2 aromatic rings. The molecule has 9 heteroatoms. The number of rotatable bonds is 7. The van der Waals surface area contributed by atoms with Crippen molar-refractivity contribution < 1.29 is 28.6 Å². The molecule has 0 saturated heterocycles. The van der Waals surface area contributed by atoms with Gasteiger partial charge in [-0.25, -0.2) is 9.59 Å². The van der Waals surface area contributed by atoms with E-state index in [2.05, 4.69) is 5.32 Å². The SMILES string of the molecule is CCOC(=O)c1c(NC(=O)c2ccc(OCC)c(Cl)c2)sc(C(=O)OC)c1C. The van der Waals surface area contributed by atoms with Crippen LogP contribution in [0.5, 0.6) is 5.75 Å². The van der Waals surface area contributed by atoms with Gasteiger partial charge in [-0.15, -0.1) is 11.3 Å². The van der Waals surface area contributed by atoms with Crippen molar-refractivity contribution in [2.75, 3.05) is 25.6 Å². The van der Waals surface area contributed by atoms with Crippen molar-refractivity contribution in [2.45, 2.75) is 20.8 Å². The molecule has 1 aromatic heterocycles. The molecule has 0 fully saturated rings. The first-order chi connectivity index (χ1) is 13.3. The zero-order valence-electron chi connectivity index (χ0n) is 15.9. The molecule has 2 rings (SSSR count). The Morgan fingerprint density at radius 1 is 1.14 bits per heavy atom. The van der Waals surface area contributed by atoms with Crippen LogP contribution in [-0.2, 0) is 9.47 Å². The van der Waals surface area contributed by atoms with Crippen molar-refractivity contribution in [1.82, 2.24) is 0 Å². The van der Waals surface area contributed by atoms with Gasteiger partial charge in [-0.2, -0.15) is 0 Å². The van der Waals surface area contributed by atoms with E-state index in [1.165, 1.54) is 13.2 Å². The summed E-state index contributed by atoms with van der Waals surface area (Å²) in [5.41, 5.74) is 0.780. The number of esters is 2. The molecular weight excluding hydrogens is 406 g/mol. The van der Waals surface area contributed by atoms with Gasteiger partial charge in [-0.1, -0.05) is 11.6 Å². The van der Waals surface area contributed by atoms with E-state index in [9.17, 15) is 14.4 Å². The van der Waals surface area contributed by atoms with Gasteiger partial charge in [0.15, 0.2) is 0 Å². The normalized spacial score (nSPS) is 10.3. The number of carbonyl (C=O) groups is 3. The maximum atomic E-state index is 12.7. The fourth-order valence-corrected chi connectivity index (χ4v) is 3.77. The van der Waals surface area contributed by atoms with Gasteiger partial charge >= 0.3 is 11.9 Å². The molecule has 1 N–H and O–H groups in total. The van der Waals surface area contributed by atoms with Gasteiger partial charge in [-0.3, -0.25) is 4.79 Å². The Hall–Kier alpha value is -2.58. The van der Waals surface area contributed by atoms with Gasteiger partial charge in [0, 0.05) is 5.56 Å². The van der Waals surface area contributed by atoms with Crippen molar-refractivity contribution in [1.29, 1.82) is 0 Å². The predicted octanol–water partition coefficient (Wildman–Crippen LogP) is 4.32. The number of benzene rings is 1. The Morgan fingerprint density at radius 2 is 1.86 bits per heavy atom. The number of halogens is 1. The quantitative estimate of drug-likeness (QED) is 0.664. The highest BCUT2D eigenvalue weighted by molar-refractivity contribution is 7.18. The second-order valence-corrected chi connectivity index (χ2v) is 6.93. The Labute approximate surface area is 171 Å². The van der Waals surface area contributed by atoms with Crippen molar-refractivity contribution in [3.8, 4) is 5.75 Å². The fraction of sp³-hybridized carbons (Fsp3) is 0.316. The van der Waals surface area contributed by atoms with E-state index in [1.54, 1.807) is 26.0 Å². The number of hydrogen-bond acceptors (Lipinski definition) is 7. The summed E-state index contributed by atoms with van der Waals surface area (Å²) in [6, 6.07) is 4.61. The highest BCUT2D eigenvalue weighted by atomic mass is 35.5. The van der Waals surface area contributed by atoms with Crippen LogP contribution < -0.4 is 10.1 Å². The third-order valence-corrected chi connectivity index (χ3v) is 5.20. The maximum Gasteiger partial charge on any atom is 0.348 e. The summed E-state index contributed by atoms with van der Waals surface area (Å²) in [6.45, 7) is 5.69. The molecule has 0 aliphatic rings. The Bertz CT molecular complexity index is 908. The number of ether oxygens (including phenoxy) is 3. The summed E-state index contributed by atoms with van der Waals surface area (Å²) in [4.78, 5) is 37.2. The van der Waals surface area contributed by atoms with Crippen molar-refractivity contribution in [3.63, 3.8) is 0 Å². The maximum absolute atomic E-state index is 12.7. The number of methoxy groups -OCH3 is 1. The lowest BCUT2D eigenvalue weighted by Gasteiger charge is -2.09. The van der Waals surface area contributed by atoms with E-state index in [0.717, 1.165) is 11.3 Å². The van der Waals surface area contributed by atoms with Crippen LogP contribution in [0.1, 0.15) is 49.8 Å². The van der Waals surface area contributed by atoms with Gasteiger partial charge in [0.2, 0.25) is 0 Å². The lowest BCUT2D eigenvalue weighted by atomic mass is 10.1. The van der Waals surface area contributed by atoms with Gasteiger partial charge in [-0.05, 0) is 44.5 Å². The molecule has 0 atom stereocenters. The molecule has 1 amide bonds. The number of nitrogens with one attached hydrogen (secondary N) is 1. The fourth-order valence-electron chi connectivity index (χ4n) is 2.43. The number of thiophene rings is 1. The van der Waals surface area contributed by atoms with Crippen LogP contribution >= 0.6 is 22.9 Å². The second kappa shape index (κ2) is 9.57. The largest absolute Gasteiger partial charge is 0.492 e. The molecule has 1 aromatic carbocycles. The average Bonchev–Trinajstić information content (AvgIpc) is 2.99. The van der Waals surface area contributed by atoms with Crippen LogP contribution in [-0.4, -0.2) is 38.2 Å². The minimum absolute atomic E-state index is 0.123. The number of amides is 1. The Kier molecular flexibility index (Phi) is 7.42. The Balaban J connectivity index is 2.38. The van der Waals surface area contributed by atoms with Crippen LogP contribution in [0, 0.1) is 6.92 Å². The first-order valence-corrected chi connectivity index (χ1v) is 9.65. The van der Waals surface area contributed by atoms with Crippen molar-refractivity contribution in [2.24, 2.45) is 0 Å². The lowest BCUT2D eigenvalue weighted by Crippen LogP contribution is -2.15. The molecule has 28 heavy (non-hydrogen) atoms. The third kappa shape index (κ3) is 4.63. The van der Waals surface area contributed by atoms with Gasteiger partial charge in [0.05, 0.1) is 30.9 Å². The molecule has 0 radical (unpaired) electrons. The Morgan fingerprint density at radius 3 is 2.43 bits per heavy atom. The summed E-state index contributed by atoms with van der Waals surface area (Å²) in [5, 5.41) is 3.15.